The molecule has 2 aromatic heterocycles. The van der Waals surface area contributed by atoms with E-state index in [1.807, 2.05) is 0 Å². The number of aromatic nitrogens is 2. The minimum Gasteiger partial charge on any atom is -0.493 e. The lowest BCUT2D eigenvalue weighted by molar-refractivity contribution is 0.324. The Labute approximate surface area is 201 Å². The van der Waals surface area contributed by atoms with Gasteiger partial charge in [0.25, 0.3) is 10.0 Å². The smallest absolute Gasteiger partial charge is 0.268 e. The molecule has 1 aliphatic carbocycles. The predicted octanol–water partition coefficient (Wildman–Crippen LogP) is 4.22. The van der Waals surface area contributed by atoms with Crippen LogP contribution in [0.3, 0.4) is 0 Å². The van der Waals surface area contributed by atoms with Crippen molar-refractivity contribution in [3.05, 3.63) is 59.1 Å². The van der Waals surface area contributed by atoms with Gasteiger partial charge in [0.1, 0.15) is 0 Å². The highest BCUT2D eigenvalue weighted by Gasteiger charge is 2.32. The van der Waals surface area contributed by atoms with Crippen LogP contribution >= 0.6 is 11.3 Å². The summed E-state index contributed by atoms with van der Waals surface area (Å²) in [6.45, 7) is 0. The van der Waals surface area contributed by atoms with E-state index in [4.69, 9.17) is 19.9 Å². The third-order valence-electron chi connectivity index (χ3n) is 5.89. The number of nitrogens with two attached hydrogens (primary N) is 1. The second kappa shape index (κ2) is 8.37. The van der Waals surface area contributed by atoms with Gasteiger partial charge in [0, 0.05) is 22.2 Å². The zero-order valence-electron chi connectivity index (χ0n) is 18.9. The van der Waals surface area contributed by atoms with Crippen molar-refractivity contribution in [2.75, 3.05) is 27.1 Å². The van der Waals surface area contributed by atoms with E-state index in [1.54, 1.807) is 48.7 Å². The van der Waals surface area contributed by atoms with Crippen LogP contribution in [0.25, 0.3) is 22.5 Å². The number of thiazole rings is 1. The minimum absolute atomic E-state index is 0.189. The van der Waals surface area contributed by atoms with Crippen molar-refractivity contribution in [2.45, 2.75) is 17.7 Å². The molecule has 8 nitrogen and oxygen atoms in total. The van der Waals surface area contributed by atoms with E-state index < -0.39 is 10.0 Å². The number of hydrogen-bond donors (Lipinski definition) is 1. The summed E-state index contributed by atoms with van der Waals surface area (Å²) in [4.78, 5) is 5.75. The molecular weight excluding hydrogens is 474 g/mol. The van der Waals surface area contributed by atoms with Crippen LogP contribution in [0.15, 0.2) is 53.6 Å². The normalized spacial score (nSPS) is 12.7. The van der Waals surface area contributed by atoms with Crippen LogP contribution in [0.5, 0.6) is 17.2 Å². The second-order valence-corrected chi connectivity index (χ2v) is 10.7. The van der Waals surface area contributed by atoms with Crippen molar-refractivity contribution < 1.29 is 22.6 Å². The number of aryl methyl sites for hydroxylation is 1. The van der Waals surface area contributed by atoms with E-state index in [1.165, 1.54) is 36.6 Å². The van der Waals surface area contributed by atoms with Gasteiger partial charge in [-0.25, -0.2) is 17.4 Å². The first kappa shape index (κ1) is 22.3. The first-order chi connectivity index (χ1) is 16.4. The average molecular weight is 498 g/mol. The molecule has 0 bridgehead atoms. The lowest BCUT2D eigenvalue weighted by Crippen LogP contribution is -2.14. The number of methoxy groups -OCH3 is 3. The zero-order chi connectivity index (χ0) is 24.0. The van der Waals surface area contributed by atoms with Crippen LogP contribution in [0, 0.1) is 0 Å². The van der Waals surface area contributed by atoms with Crippen LogP contribution < -0.4 is 19.9 Å². The predicted molar refractivity (Wildman–Crippen MR) is 131 cm³/mol. The lowest BCUT2D eigenvalue weighted by Gasteiger charge is -2.18. The molecule has 0 saturated carbocycles. The first-order valence-electron chi connectivity index (χ1n) is 10.5. The van der Waals surface area contributed by atoms with Crippen LogP contribution in [0.1, 0.15) is 10.4 Å². The highest BCUT2D eigenvalue weighted by molar-refractivity contribution is 7.90. The van der Waals surface area contributed by atoms with Gasteiger partial charge in [-0.1, -0.05) is 18.2 Å². The maximum absolute atomic E-state index is 13.8. The minimum atomic E-state index is -3.91. The molecule has 0 fully saturated rings. The van der Waals surface area contributed by atoms with Crippen LogP contribution in [-0.2, 0) is 22.9 Å². The molecule has 0 unspecified atom stereocenters. The Hall–Kier alpha value is -3.50. The summed E-state index contributed by atoms with van der Waals surface area (Å²) in [6.07, 6.45) is 3.02. The summed E-state index contributed by atoms with van der Waals surface area (Å²) < 4.78 is 45.5. The topological polar surface area (TPSA) is 106 Å². The summed E-state index contributed by atoms with van der Waals surface area (Å²) in [5, 5.41) is 0.464. The van der Waals surface area contributed by atoms with Gasteiger partial charge in [-0.15, -0.1) is 11.3 Å². The fourth-order valence-corrected chi connectivity index (χ4v) is 6.65. The van der Waals surface area contributed by atoms with Gasteiger partial charge in [0.15, 0.2) is 16.6 Å². The monoisotopic (exact) mass is 497 g/mol. The molecule has 34 heavy (non-hydrogen) atoms. The Balaban J connectivity index is 1.84. The molecule has 0 radical (unpaired) electrons. The molecule has 4 aromatic rings. The molecule has 10 heteroatoms. The zero-order valence-corrected chi connectivity index (χ0v) is 20.5. The molecule has 176 valence electrons. The number of rotatable bonds is 6. The Bertz CT molecular complexity index is 1470. The maximum atomic E-state index is 13.8. The van der Waals surface area contributed by atoms with Gasteiger partial charge in [-0.2, -0.15) is 0 Å². The third kappa shape index (κ3) is 3.41. The highest BCUT2D eigenvalue weighted by Crippen LogP contribution is 2.47. The number of anilines is 1. The first-order valence-corrected chi connectivity index (χ1v) is 12.8. The molecule has 1 aliphatic rings. The van der Waals surface area contributed by atoms with Crippen molar-refractivity contribution in [3.63, 3.8) is 0 Å². The quantitative estimate of drug-likeness (QED) is 0.425. The van der Waals surface area contributed by atoms with Crippen molar-refractivity contribution in [1.29, 1.82) is 0 Å². The van der Waals surface area contributed by atoms with Gasteiger partial charge >= 0.3 is 0 Å². The average Bonchev–Trinajstić information content (AvgIpc) is 3.44. The summed E-state index contributed by atoms with van der Waals surface area (Å²) in [5.41, 5.74) is 9.53. The number of hydrogen-bond acceptors (Lipinski definition) is 8. The van der Waals surface area contributed by atoms with Gasteiger partial charge in [-0.3, -0.25) is 0 Å². The van der Waals surface area contributed by atoms with Crippen LogP contribution in [0.2, 0.25) is 0 Å². The lowest BCUT2D eigenvalue weighted by atomic mass is 9.93. The Morgan fingerprint density at radius 3 is 2.29 bits per heavy atom. The molecule has 2 heterocycles. The van der Waals surface area contributed by atoms with Gasteiger partial charge in [-0.05, 0) is 42.7 Å². The van der Waals surface area contributed by atoms with Crippen molar-refractivity contribution >= 4 is 26.5 Å². The molecule has 0 spiro atoms. The van der Waals surface area contributed by atoms with Gasteiger partial charge in [0.2, 0.25) is 5.75 Å². The van der Waals surface area contributed by atoms with Crippen LogP contribution in [-0.4, -0.2) is 38.7 Å². The number of benzene rings is 2. The van der Waals surface area contributed by atoms with Crippen molar-refractivity contribution in [1.82, 2.24) is 8.96 Å². The van der Waals surface area contributed by atoms with Gasteiger partial charge < -0.3 is 19.9 Å². The molecule has 2 aromatic carbocycles. The van der Waals surface area contributed by atoms with Crippen LogP contribution in [0.4, 0.5) is 5.13 Å². The Morgan fingerprint density at radius 1 is 1.00 bits per heavy atom. The molecule has 0 aliphatic heterocycles. The van der Waals surface area contributed by atoms with E-state index in [2.05, 4.69) is 4.98 Å². The molecule has 0 saturated heterocycles. The number of fused-ring (bicyclic) bond motifs is 3. The highest BCUT2D eigenvalue weighted by atomic mass is 32.2. The second-order valence-electron chi connectivity index (χ2n) is 7.72. The van der Waals surface area contributed by atoms with E-state index in [9.17, 15) is 8.42 Å². The number of ether oxygens (including phenoxy) is 3. The van der Waals surface area contributed by atoms with Crippen molar-refractivity contribution in [3.8, 4) is 39.8 Å². The summed E-state index contributed by atoms with van der Waals surface area (Å²) in [5.74, 6) is 1.30. The summed E-state index contributed by atoms with van der Waals surface area (Å²) in [7, 11) is 0.669. The van der Waals surface area contributed by atoms with Crippen molar-refractivity contribution in [2.24, 2.45) is 0 Å². The Morgan fingerprint density at radius 2 is 1.68 bits per heavy atom. The molecule has 5 rings (SSSR count). The van der Waals surface area contributed by atoms with E-state index in [0.717, 1.165) is 28.1 Å². The third-order valence-corrected chi connectivity index (χ3v) is 8.51. The number of nitrogen functional groups attached to an aromatic ring is 1. The number of nitrogens with zero attached hydrogens (tertiary/aromatic N) is 2. The van der Waals surface area contributed by atoms with E-state index >= 15 is 0 Å². The SMILES string of the molecule is COc1cc(-c2c3c(cn2S(=O)(=O)c2ccccc2)-c2nc(N)sc2CC3)cc(OC)c1OC. The molecule has 2 N–H and O–H groups in total. The largest absolute Gasteiger partial charge is 0.493 e. The Kier molecular flexibility index (Phi) is 5.49. The molecule has 0 amide bonds. The van der Waals surface area contributed by atoms with Gasteiger partial charge in [0.05, 0.1) is 37.6 Å². The molecule has 0 atom stereocenters. The molecular formula is C24H23N3O5S2. The maximum Gasteiger partial charge on any atom is 0.268 e. The fourth-order valence-electron chi connectivity index (χ4n) is 4.38. The summed E-state index contributed by atoms with van der Waals surface area (Å²) in [6, 6.07) is 11.9. The van der Waals surface area contributed by atoms with E-state index in [-0.39, 0.29) is 4.90 Å². The fraction of sp³-hybridized carbons (Fsp3) is 0.208. The summed E-state index contributed by atoms with van der Waals surface area (Å²) >= 11 is 1.44. The van der Waals surface area contributed by atoms with E-state index in [0.29, 0.717) is 40.1 Å². The standard InChI is InChI=1S/C24H23N3O5S2/c1-30-18-11-14(12-19(31-2)23(18)32-3)22-16-9-10-20-21(26-24(25)33-20)17(16)13-27(22)34(28,29)15-7-5-4-6-8-15/h4-8,11-13H,9-10H2,1-3H3,(H2,25,26).